The number of esters is 2. The van der Waals surface area contributed by atoms with Gasteiger partial charge in [0, 0.05) is 19.4 Å². The number of allylic oxidation sites excluding steroid dienone is 6. The first-order chi connectivity index (χ1) is 22.3. The third-order valence-corrected chi connectivity index (χ3v) is 8.27. The van der Waals surface area contributed by atoms with Crippen molar-refractivity contribution in [1.29, 1.82) is 0 Å². The van der Waals surface area contributed by atoms with E-state index in [1.54, 1.807) is 0 Å². The van der Waals surface area contributed by atoms with Crippen molar-refractivity contribution in [2.75, 3.05) is 26.4 Å². The highest BCUT2D eigenvalue weighted by Crippen LogP contribution is 2.43. The monoisotopic (exact) mass is 671 g/mol. The molecule has 0 aromatic rings. The molecule has 0 aromatic carbocycles. The first-order valence-corrected chi connectivity index (χ1v) is 19.5. The Kier molecular flexibility index (Phi) is 31.9. The van der Waals surface area contributed by atoms with E-state index in [-0.39, 0.29) is 32.6 Å². The van der Waals surface area contributed by atoms with Crippen LogP contribution in [0.25, 0.3) is 0 Å². The van der Waals surface area contributed by atoms with Gasteiger partial charge in [0.25, 0.3) is 0 Å². The summed E-state index contributed by atoms with van der Waals surface area (Å²) < 4.78 is 32.5. The van der Waals surface area contributed by atoms with E-state index >= 15 is 0 Å². The van der Waals surface area contributed by atoms with E-state index < -0.39 is 32.5 Å². The van der Waals surface area contributed by atoms with Gasteiger partial charge in [0.05, 0.1) is 13.2 Å². The van der Waals surface area contributed by atoms with Crippen LogP contribution in [0.3, 0.4) is 0 Å². The molecule has 0 amide bonds. The van der Waals surface area contributed by atoms with Crippen LogP contribution in [0.2, 0.25) is 0 Å². The molecule has 46 heavy (non-hydrogen) atoms. The van der Waals surface area contributed by atoms with E-state index in [0.29, 0.717) is 6.42 Å². The molecule has 10 heteroatoms. The van der Waals surface area contributed by atoms with Gasteiger partial charge in [-0.15, -0.1) is 0 Å². The number of unbranched alkanes of at least 4 members (excludes halogenated alkanes) is 14. The molecule has 0 aliphatic heterocycles. The van der Waals surface area contributed by atoms with Gasteiger partial charge in [-0.25, -0.2) is 4.57 Å². The number of phosphoric acid groups is 1. The van der Waals surface area contributed by atoms with E-state index in [1.807, 2.05) is 0 Å². The Hall–Kier alpha value is -1.77. The number of phosphoric ester groups is 1. The summed E-state index contributed by atoms with van der Waals surface area (Å²) >= 11 is 0. The Morgan fingerprint density at radius 3 is 1.78 bits per heavy atom. The SMILES string of the molecule is CC/C=C\C/C=C\C/C=C\CCCCCCCCCC(=O)OC(COC(=O)CCCCCCCCCC)COP(=O)(O)OCCN. The largest absolute Gasteiger partial charge is 0.472 e. The van der Waals surface area contributed by atoms with Crippen LogP contribution in [0.5, 0.6) is 0 Å². The lowest BCUT2D eigenvalue weighted by atomic mass is 10.1. The fraction of sp³-hybridized carbons (Fsp3) is 0.778. The minimum absolute atomic E-state index is 0.0514. The molecular formula is C36H66NO8P. The van der Waals surface area contributed by atoms with Crippen molar-refractivity contribution in [3.05, 3.63) is 36.5 Å². The number of hydrogen-bond donors (Lipinski definition) is 2. The van der Waals surface area contributed by atoms with Crippen LogP contribution in [-0.2, 0) is 32.7 Å². The molecule has 0 saturated carbocycles. The normalized spacial score (nSPS) is 13.9. The second kappa shape index (κ2) is 33.1. The third kappa shape index (κ3) is 32.2. The van der Waals surface area contributed by atoms with Crippen LogP contribution in [0.15, 0.2) is 36.5 Å². The van der Waals surface area contributed by atoms with Crippen molar-refractivity contribution in [3.63, 3.8) is 0 Å². The lowest BCUT2D eigenvalue weighted by Crippen LogP contribution is -2.29. The number of ether oxygens (including phenoxy) is 2. The van der Waals surface area contributed by atoms with Crippen LogP contribution in [-0.4, -0.2) is 49.3 Å². The summed E-state index contributed by atoms with van der Waals surface area (Å²) in [6.45, 7) is 3.55. The number of rotatable bonds is 33. The zero-order valence-electron chi connectivity index (χ0n) is 29.0. The third-order valence-electron chi connectivity index (χ3n) is 7.29. The fourth-order valence-corrected chi connectivity index (χ4v) is 5.41. The molecule has 268 valence electrons. The van der Waals surface area contributed by atoms with Gasteiger partial charge < -0.3 is 20.1 Å². The number of hydrogen-bond acceptors (Lipinski definition) is 8. The smallest absolute Gasteiger partial charge is 0.462 e. The molecule has 2 unspecified atom stereocenters. The molecule has 2 atom stereocenters. The molecule has 0 aliphatic carbocycles. The molecule has 0 aromatic heterocycles. The summed E-state index contributed by atoms with van der Waals surface area (Å²) in [5.41, 5.74) is 5.32. The quantitative estimate of drug-likeness (QED) is 0.0303. The van der Waals surface area contributed by atoms with Crippen molar-refractivity contribution < 1.29 is 37.6 Å². The Morgan fingerprint density at radius 1 is 0.674 bits per heavy atom. The van der Waals surface area contributed by atoms with Crippen molar-refractivity contribution in [2.24, 2.45) is 5.73 Å². The van der Waals surface area contributed by atoms with Crippen LogP contribution in [0.4, 0.5) is 0 Å². The lowest BCUT2D eigenvalue weighted by molar-refractivity contribution is -0.161. The lowest BCUT2D eigenvalue weighted by Gasteiger charge is -2.19. The van der Waals surface area contributed by atoms with Crippen molar-refractivity contribution in [2.45, 2.75) is 155 Å². The Bertz CT molecular complexity index is 861. The average Bonchev–Trinajstić information content (AvgIpc) is 3.04. The van der Waals surface area contributed by atoms with Gasteiger partial charge >= 0.3 is 19.8 Å². The summed E-state index contributed by atoms with van der Waals surface area (Å²) in [5, 5.41) is 0. The second-order valence-electron chi connectivity index (χ2n) is 11.7. The van der Waals surface area contributed by atoms with E-state index in [2.05, 4.69) is 50.3 Å². The highest BCUT2D eigenvalue weighted by Gasteiger charge is 2.25. The predicted molar refractivity (Wildman–Crippen MR) is 187 cm³/mol. The van der Waals surface area contributed by atoms with Gasteiger partial charge in [-0.1, -0.05) is 127 Å². The van der Waals surface area contributed by atoms with E-state index in [0.717, 1.165) is 64.2 Å². The van der Waals surface area contributed by atoms with Crippen LogP contribution < -0.4 is 5.73 Å². The molecule has 0 spiro atoms. The average molecular weight is 672 g/mol. The van der Waals surface area contributed by atoms with Crippen LogP contribution in [0, 0.1) is 0 Å². The van der Waals surface area contributed by atoms with Crippen LogP contribution >= 0.6 is 7.82 Å². The maximum Gasteiger partial charge on any atom is 0.472 e. The first-order valence-electron chi connectivity index (χ1n) is 18.0. The zero-order chi connectivity index (χ0) is 34.0. The van der Waals surface area contributed by atoms with Gasteiger partial charge in [-0.05, 0) is 44.9 Å². The van der Waals surface area contributed by atoms with Gasteiger partial charge in [-0.2, -0.15) is 0 Å². The van der Waals surface area contributed by atoms with Crippen LogP contribution in [0.1, 0.15) is 149 Å². The Morgan fingerprint density at radius 2 is 1.20 bits per heavy atom. The van der Waals surface area contributed by atoms with E-state index in [4.69, 9.17) is 24.3 Å². The second-order valence-corrected chi connectivity index (χ2v) is 13.2. The van der Waals surface area contributed by atoms with Crippen molar-refractivity contribution in [3.8, 4) is 0 Å². The minimum atomic E-state index is -4.37. The van der Waals surface area contributed by atoms with Gasteiger partial charge in [-0.3, -0.25) is 18.6 Å². The number of nitrogens with two attached hydrogens (primary N) is 1. The molecule has 3 N–H and O–H groups in total. The molecule has 0 bridgehead atoms. The summed E-state index contributed by atoms with van der Waals surface area (Å²) in [6.07, 6.45) is 33.3. The van der Waals surface area contributed by atoms with Crippen molar-refractivity contribution >= 4 is 19.8 Å². The highest BCUT2D eigenvalue weighted by molar-refractivity contribution is 7.47. The summed E-state index contributed by atoms with van der Waals surface area (Å²) in [6, 6.07) is 0. The fourth-order valence-electron chi connectivity index (χ4n) is 4.65. The zero-order valence-corrected chi connectivity index (χ0v) is 29.9. The standard InChI is InChI=1S/C36H66NO8P/c1-3-5-7-9-11-13-14-15-16-17-18-19-20-21-23-25-27-29-36(39)45-34(33-44-46(40,41)43-31-30-37)32-42-35(38)28-26-24-22-12-10-8-6-4-2/h5,7,11,13,15-16,34H,3-4,6,8-10,12,14,17-33,37H2,1-2H3,(H,40,41)/b7-5-,13-11-,16-15-. The molecule has 0 heterocycles. The Balaban J connectivity index is 4.22. The Labute approximate surface area is 280 Å². The van der Waals surface area contributed by atoms with Gasteiger partial charge in [0.1, 0.15) is 6.61 Å². The minimum Gasteiger partial charge on any atom is -0.462 e. The first kappa shape index (κ1) is 44.2. The summed E-state index contributed by atoms with van der Waals surface area (Å²) in [7, 11) is -4.37. The maximum atomic E-state index is 12.5. The van der Waals surface area contributed by atoms with Crippen molar-refractivity contribution in [1.82, 2.24) is 0 Å². The molecule has 9 nitrogen and oxygen atoms in total. The van der Waals surface area contributed by atoms with Gasteiger partial charge in [0.15, 0.2) is 6.10 Å². The molecule has 0 rings (SSSR count). The topological polar surface area (TPSA) is 134 Å². The molecule has 0 fully saturated rings. The molecular weight excluding hydrogens is 605 g/mol. The maximum absolute atomic E-state index is 12.5. The molecule has 0 aliphatic rings. The van der Waals surface area contributed by atoms with E-state index in [9.17, 15) is 19.0 Å². The van der Waals surface area contributed by atoms with Gasteiger partial charge in [0.2, 0.25) is 0 Å². The highest BCUT2D eigenvalue weighted by atomic mass is 31.2. The summed E-state index contributed by atoms with van der Waals surface area (Å²) in [5.74, 6) is -0.847. The predicted octanol–water partition coefficient (Wildman–Crippen LogP) is 9.43. The van der Waals surface area contributed by atoms with E-state index in [1.165, 1.54) is 51.4 Å². The summed E-state index contributed by atoms with van der Waals surface area (Å²) in [4.78, 5) is 34.5. The molecule has 0 radical (unpaired) electrons. The number of carbonyl (C=O) groups is 2. The number of carbonyl (C=O) groups excluding carboxylic acids is 2. The molecule has 0 saturated heterocycles.